The van der Waals surface area contributed by atoms with Crippen LogP contribution in [0.1, 0.15) is 18.5 Å². The van der Waals surface area contributed by atoms with Crippen molar-refractivity contribution >= 4 is 17.2 Å². The van der Waals surface area contributed by atoms with Gasteiger partial charge in [0.25, 0.3) is 0 Å². The van der Waals surface area contributed by atoms with Crippen LogP contribution < -0.4 is 5.32 Å². The highest BCUT2D eigenvalue weighted by atomic mass is 15.3. The monoisotopic (exact) mass is 417 g/mol. The third-order valence-electron chi connectivity index (χ3n) is 6.78. The summed E-state index contributed by atoms with van der Waals surface area (Å²) < 4.78 is 3.90. The van der Waals surface area contributed by atoms with Crippen molar-refractivity contribution in [3.63, 3.8) is 0 Å². The van der Waals surface area contributed by atoms with Gasteiger partial charge in [0, 0.05) is 73.7 Å². The van der Waals surface area contributed by atoms with Crippen LogP contribution in [-0.4, -0.2) is 84.1 Å². The second-order valence-corrected chi connectivity index (χ2v) is 8.86. The first kappa shape index (κ1) is 18.7. The number of aromatic nitrogens is 6. The first-order valence-corrected chi connectivity index (χ1v) is 11.0. The standard InChI is InChI=1S/C22H27N9/c1-15-11-24-22-25-12-16(14-30(15)22)19-3-4-31-20(19)13-23-21(27-31)26-17-9-18(10-17)29-7-5-28(2)6-8-29/h3-4,11-14,17-18H,5-10H2,1-2H3,(H,26,27)/t17-,18+. The zero-order chi connectivity index (χ0) is 20.9. The lowest BCUT2D eigenvalue weighted by atomic mass is 9.85. The maximum absolute atomic E-state index is 4.70. The van der Waals surface area contributed by atoms with E-state index in [4.69, 9.17) is 5.10 Å². The molecule has 9 heteroatoms. The third kappa shape index (κ3) is 3.34. The van der Waals surface area contributed by atoms with Crippen molar-refractivity contribution in [2.45, 2.75) is 31.8 Å². The highest BCUT2D eigenvalue weighted by Gasteiger charge is 2.35. The summed E-state index contributed by atoms with van der Waals surface area (Å²) in [7, 11) is 2.20. The molecule has 0 spiro atoms. The molecule has 4 aromatic rings. The molecule has 2 aliphatic rings. The minimum Gasteiger partial charge on any atom is -0.350 e. The average molecular weight is 418 g/mol. The second kappa shape index (κ2) is 7.28. The number of hydrogen-bond acceptors (Lipinski definition) is 7. The first-order chi connectivity index (χ1) is 15.1. The molecular weight excluding hydrogens is 390 g/mol. The van der Waals surface area contributed by atoms with E-state index in [1.54, 1.807) is 0 Å². The quantitative estimate of drug-likeness (QED) is 0.544. The van der Waals surface area contributed by atoms with Gasteiger partial charge in [0.2, 0.25) is 11.7 Å². The molecule has 160 valence electrons. The lowest BCUT2D eigenvalue weighted by molar-refractivity contribution is 0.0656. The van der Waals surface area contributed by atoms with E-state index in [2.05, 4.69) is 49.4 Å². The Kier molecular flexibility index (Phi) is 4.39. The van der Waals surface area contributed by atoms with Crippen LogP contribution in [0.4, 0.5) is 5.95 Å². The summed E-state index contributed by atoms with van der Waals surface area (Å²) in [5, 5.41) is 8.22. The zero-order valence-electron chi connectivity index (χ0n) is 17.9. The summed E-state index contributed by atoms with van der Waals surface area (Å²) in [6, 6.07) is 3.21. The smallest absolute Gasteiger partial charge is 0.241 e. The van der Waals surface area contributed by atoms with E-state index in [0.29, 0.717) is 23.8 Å². The number of likely N-dealkylation sites (N-methyl/N-ethyl adjacent to an activating group) is 1. The Morgan fingerprint density at radius 1 is 1.00 bits per heavy atom. The van der Waals surface area contributed by atoms with Gasteiger partial charge in [0.15, 0.2) is 0 Å². The van der Waals surface area contributed by atoms with Gasteiger partial charge in [-0.3, -0.25) is 9.30 Å². The molecule has 1 saturated heterocycles. The largest absolute Gasteiger partial charge is 0.350 e. The molecule has 31 heavy (non-hydrogen) atoms. The van der Waals surface area contributed by atoms with Crippen molar-refractivity contribution in [3.8, 4) is 11.1 Å². The molecule has 0 radical (unpaired) electrons. The van der Waals surface area contributed by atoms with Crippen LogP contribution in [0.3, 0.4) is 0 Å². The SMILES string of the molecule is Cc1cnc2ncc(-c3ccn4nc(N[C@H]5C[C@@H](N6CCN(C)CC6)C5)ncc34)cn12. The molecule has 5 heterocycles. The molecule has 2 fully saturated rings. The average Bonchev–Trinajstić information content (AvgIpc) is 3.34. The summed E-state index contributed by atoms with van der Waals surface area (Å²) in [4.78, 5) is 18.4. The van der Waals surface area contributed by atoms with Crippen LogP contribution in [0.25, 0.3) is 22.4 Å². The Balaban J connectivity index is 1.16. The summed E-state index contributed by atoms with van der Waals surface area (Å²) in [5.41, 5.74) is 4.11. The number of aryl methyl sites for hydroxylation is 1. The summed E-state index contributed by atoms with van der Waals surface area (Å²) in [5.74, 6) is 1.40. The van der Waals surface area contributed by atoms with Gasteiger partial charge in [-0.25, -0.2) is 19.5 Å². The van der Waals surface area contributed by atoms with Crippen LogP contribution in [-0.2, 0) is 0 Å². The normalized spacial score (nSPS) is 22.8. The molecule has 6 rings (SSSR count). The van der Waals surface area contributed by atoms with Gasteiger partial charge in [0.1, 0.15) is 0 Å². The van der Waals surface area contributed by atoms with E-state index in [9.17, 15) is 0 Å². The van der Waals surface area contributed by atoms with Gasteiger partial charge in [0.05, 0.1) is 17.9 Å². The van der Waals surface area contributed by atoms with Crippen molar-refractivity contribution in [2.24, 2.45) is 0 Å². The molecule has 0 atom stereocenters. The van der Waals surface area contributed by atoms with Gasteiger partial charge < -0.3 is 10.2 Å². The maximum Gasteiger partial charge on any atom is 0.241 e. The fraction of sp³-hybridized carbons (Fsp3) is 0.455. The van der Waals surface area contributed by atoms with Crippen LogP contribution in [0, 0.1) is 6.92 Å². The Morgan fingerprint density at radius 3 is 2.65 bits per heavy atom. The molecule has 0 aromatic carbocycles. The Morgan fingerprint density at radius 2 is 1.81 bits per heavy atom. The molecule has 0 amide bonds. The van der Waals surface area contributed by atoms with Gasteiger partial charge in [-0.05, 0) is 32.9 Å². The highest BCUT2D eigenvalue weighted by Crippen LogP contribution is 2.29. The number of imidazole rings is 1. The van der Waals surface area contributed by atoms with Crippen molar-refractivity contribution in [1.29, 1.82) is 0 Å². The van der Waals surface area contributed by atoms with Crippen molar-refractivity contribution < 1.29 is 0 Å². The topological polar surface area (TPSA) is 78.9 Å². The minimum absolute atomic E-state index is 0.452. The van der Waals surface area contributed by atoms with E-state index in [0.717, 1.165) is 35.2 Å². The summed E-state index contributed by atoms with van der Waals surface area (Å²) >= 11 is 0. The molecule has 0 unspecified atom stereocenters. The number of nitrogens with one attached hydrogen (secondary N) is 1. The summed E-state index contributed by atoms with van der Waals surface area (Å²) in [6.07, 6.45) is 12.0. The second-order valence-electron chi connectivity index (χ2n) is 8.86. The van der Waals surface area contributed by atoms with E-state index < -0.39 is 0 Å². The van der Waals surface area contributed by atoms with E-state index in [1.807, 2.05) is 40.6 Å². The van der Waals surface area contributed by atoms with Gasteiger partial charge in [-0.15, -0.1) is 5.10 Å². The van der Waals surface area contributed by atoms with Crippen LogP contribution in [0.15, 0.2) is 37.1 Å². The molecule has 9 nitrogen and oxygen atoms in total. The number of hydrogen-bond donors (Lipinski definition) is 1. The molecular formula is C22H27N9. The van der Waals surface area contributed by atoms with Gasteiger partial charge >= 0.3 is 0 Å². The van der Waals surface area contributed by atoms with Crippen molar-refractivity contribution in [3.05, 3.63) is 42.7 Å². The fourth-order valence-electron chi connectivity index (χ4n) is 4.71. The zero-order valence-corrected chi connectivity index (χ0v) is 17.9. The number of piperazine rings is 1. The number of nitrogens with zero attached hydrogens (tertiary/aromatic N) is 8. The highest BCUT2D eigenvalue weighted by molar-refractivity contribution is 5.79. The Hall–Kier alpha value is -3.04. The Labute approximate surface area is 180 Å². The first-order valence-electron chi connectivity index (χ1n) is 11.0. The predicted molar refractivity (Wildman–Crippen MR) is 119 cm³/mol. The third-order valence-corrected chi connectivity index (χ3v) is 6.78. The van der Waals surface area contributed by atoms with E-state index in [-0.39, 0.29) is 0 Å². The van der Waals surface area contributed by atoms with E-state index in [1.165, 1.54) is 26.2 Å². The van der Waals surface area contributed by atoms with Crippen molar-refractivity contribution in [1.82, 2.24) is 38.8 Å². The lowest BCUT2D eigenvalue weighted by Gasteiger charge is -2.46. The molecule has 0 bridgehead atoms. The lowest BCUT2D eigenvalue weighted by Crippen LogP contribution is -2.55. The molecule has 1 aliphatic heterocycles. The number of rotatable bonds is 4. The number of fused-ring (bicyclic) bond motifs is 2. The van der Waals surface area contributed by atoms with Gasteiger partial charge in [-0.2, -0.15) is 0 Å². The summed E-state index contributed by atoms with van der Waals surface area (Å²) in [6.45, 7) is 6.74. The van der Waals surface area contributed by atoms with Crippen LogP contribution in [0.5, 0.6) is 0 Å². The molecule has 1 aliphatic carbocycles. The van der Waals surface area contributed by atoms with Crippen LogP contribution in [0.2, 0.25) is 0 Å². The predicted octanol–water partition coefficient (Wildman–Crippen LogP) is 1.94. The fourth-order valence-corrected chi connectivity index (χ4v) is 4.71. The Bertz CT molecular complexity index is 1230. The number of anilines is 1. The molecule has 1 saturated carbocycles. The minimum atomic E-state index is 0.452. The van der Waals surface area contributed by atoms with Gasteiger partial charge in [-0.1, -0.05) is 0 Å². The van der Waals surface area contributed by atoms with E-state index >= 15 is 0 Å². The molecule has 1 N–H and O–H groups in total. The van der Waals surface area contributed by atoms with Crippen molar-refractivity contribution in [2.75, 3.05) is 38.5 Å². The maximum atomic E-state index is 4.70. The van der Waals surface area contributed by atoms with Crippen LogP contribution >= 0.6 is 0 Å². The molecule has 4 aromatic heterocycles.